The molecule has 0 spiro atoms. The normalized spacial score (nSPS) is 10.6. The Kier molecular flexibility index (Phi) is 4.54. The molecule has 0 unspecified atom stereocenters. The fraction of sp³-hybridized carbons (Fsp3) is 0.250. The van der Waals surface area contributed by atoms with Gasteiger partial charge in [-0.1, -0.05) is 12.2 Å². The number of ether oxygens (including phenoxy) is 1. The molecule has 16 heavy (non-hydrogen) atoms. The molecule has 0 aliphatic carbocycles. The summed E-state index contributed by atoms with van der Waals surface area (Å²) < 4.78 is 5.10. The van der Waals surface area contributed by atoms with Gasteiger partial charge in [0.05, 0.1) is 12.7 Å². The third kappa shape index (κ3) is 3.10. The van der Waals surface area contributed by atoms with Crippen molar-refractivity contribution in [3.05, 3.63) is 35.4 Å². The first-order valence-corrected chi connectivity index (χ1v) is 4.87. The Morgan fingerprint density at radius 3 is 2.81 bits per heavy atom. The van der Waals surface area contributed by atoms with Crippen molar-refractivity contribution in [3.8, 4) is 5.75 Å². The Bertz CT molecular complexity index is 396. The molecule has 1 aromatic carbocycles. The minimum absolute atomic E-state index is 0.0669. The van der Waals surface area contributed by atoms with Gasteiger partial charge in [-0.2, -0.15) is 0 Å². The first kappa shape index (κ1) is 12.3. The lowest BCUT2D eigenvalue weighted by atomic mass is 10.1. The molecule has 0 saturated heterocycles. The van der Waals surface area contributed by atoms with Gasteiger partial charge in [-0.05, 0) is 24.6 Å². The Hall–Kier alpha value is -1.81. The number of carboxylic acids is 1. The number of hydrogen-bond acceptors (Lipinski definition) is 3. The van der Waals surface area contributed by atoms with E-state index >= 15 is 0 Å². The first-order chi connectivity index (χ1) is 7.69. The van der Waals surface area contributed by atoms with Crippen LogP contribution in [0, 0.1) is 0 Å². The van der Waals surface area contributed by atoms with Crippen LogP contribution in [-0.2, 0) is 0 Å². The summed E-state index contributed by atoms with van der Waals surface area (Å²) >= 11 is 0. The van der Waals surface area contributed by atoms with E-state index in [2.05, 4.69) is 0 Å². The van der Waals surface area contributed by atoms with Crippen LogP contribution in [-0.4, -0.2) is 29.9 Å². The molecule has 1 rings (SSSR count). The van der Waals surface area contributed by atoms with Gasteiger partial charge in [0.15, 0.2) is 0 Å². The fourth-order valence-electron chi connectivity index (χ4n) is 1.28. The molecule has 0 aliphatic rings. The standard InChI is InChI=1S/C12H14O4/c1-16-11-6-5-10(12(14)15)8-9(11)4-2-3-7-13/h2,4-6,8,13H,3,7H2,1H3,(H,14,15). The summed E-state index contributed by atoms with van der Waals surface area (Å²) in [5.41, 5.74) is 0.903. The van der Waals surface area contributed by atoms with Crippen molar-refractivity contribution >= 4 is 12.0 Å². The van der Waals surface area contributed by atoms with Gasteiger partial charge in [0.2, 0.25) is 0 Å². The molecule has 0 aromatic heterocycles. The molecule has 86 valence electrons. The lowest BCUT2D eigenvalue weighted by molar-refractivity contribution is 0.0697. The quantitative estimate of drug-likeness (QED) is 0.797. The van der Waals surface area contributed by atoms with Gasteiger partial charge >= 0.3 is 5.97 Å². The molecular weight excluding hydrogens is 208 g/mol. The summed E-state index contributed by atoms with van der Waals surface area (Å²) in [7, 11) is 1.53. The molecule has 4 heteroatoms. The molecule has 0 aliphatic heterocycles. The number of methoxy groups -OCH3 is 1. The van der Waals surface area contributed by atoms with Gasteiger partial charge in [-0.15, -0.1) is 0 Å². The first-order valence-electron chi connectivity index (χ1n) is 4.87. The number of hydrogen-bond donors (Lipinski definition) is 2. The SMILES string of the molecule is COc1ccc(C(=O)O)cc1C=CCCO. The molecule has 0 heterocycles. The highest BCUT2D eigenvalue weighted by Crippen LogP contribution is 2.21. The van der Waals surface area contributed by atoms with Gasteiger partial charge in [0, 0.05) is 12.2 Å². The summed E-state index contributed by atoms with van der Waals surface area (Å²) in [6.07, 6.45) is 4.03. The van der Waals surface area contributed by atoms with E-state index in [0.717, 1.165) is 0 Å². The second-order valence-electron chi connectivity index (χ2n) is 3.18. The number of benzene rings is 1. The largest absolute Gasteiger partial charge is 0.496 e. The lowest BCUT2D eigenvalue weighted by Crippen LogP contribution is -1.97. The second kappa shape index (κ2) is 5.92. The minimum Gasteiger partial charge on any atom is -0.496 e. The highest BCUT2D eigenvalue weighted by atomic mass is 16.5. The summed E-state index contributed by atoms with van der Waals surface area (Å²) in [5, 5.41) is 17.5. The zero-order valence-electron chi connectivity index (χ0n) is 9.01. The Balaban J connectivity index is 3.02. The van der Waals surface area contributed by atoms with Crippen LogP contribution in [0.15, 0.2) is 24.3 Å². The van der Waals surface area contributed by atoms with E-state index in [9.17, 15) is 4.79 Å². The molecule has 0 bridgehead atoms. The third-order valence-corrected chi connectivity index (χ3v) is 2.07. The highest BCUT2D eigenvalue weighted by molar-refractivity contribution is 5.88. The summed E-state index contributed by atoms with van der Waals surface area (Å²) in [5.74, 6) is -0.362. The number of rotatable bonds is 5. The maximum atomic E-state index is 10.8. The molecule has 2 N–H and O–H groups in total. The zero-order valence-corrected chi connectivity index (χ0v) is 9.01. The molecule has 0 fully saturated rings. The number of carboxylic acid groups (broad SMARTS) is 1. The van der Waals surface area contributed by atoms with Crippen molar-refractivity contribution in [1.82, 2.24) is 0 Å². The lowest BCUT2D eigenvalue weighted by Gasteiger charge is -2.05. The van der Waals surface area contributed by atoms with Crippen LogP contribution < -0.4 is 4.74 Å². The van der Waals surface area contributed by atoms with E-state index in [0.29, 0.717) is 17.7 Å². The molecular formula is C12H14O4. The third-order valence-electron chi connectivity index (χ3n) is 2.07. The Morgan fingerprint density at radius 2 is 2.25 bits per heavy atom. The fourth-order valence-corrected chi connectivity index (χ4v) is 1.28. The van der Waals surface area contributed by atoms with Crippen molar-refractivity contribution < 1.29 is 19.7 Å². The van der Waals surface area contributed by atoms with Gasteiger partial charge in [-0.25, -0.2) is 4.79 Å². The average Bonchev–Trinajstić information content (AvgIpc) is 2.29. The smallest absolute Gasteiger partial charge is 0.335 e. The van der Waals surface area contributed by atoms with Crippen LogP contribution in [0.5, 0.6) is 5.75 Å². The molecule has 0 saturated carbocycles. The molecule has 0 radical (unpaired) electrons. The zero-order chi connectivity index (χ0) is 12.0. The van der Waals surface area contributed by atoms with Gasteiger partial charge in [0.25, 0.3) is 0 Å². The predicted octanol–water partition coefficient (Wildman–Crippen LogP) is 1.79. The van der Waals surface area contributed by atoms with Crippen LogP contribution in [0.4, 0.5) is 0 Å². The maximum absolute atomic E-state index is 10.8. The number of aromatic carboxylic acids is 1. The highest BCUT2D eigenvalue weighted by Gasteiger charge is 2.06. The number of carbonyl (C=O) groups is 1. The maximum Gasteiger partial charge on any atom is 0.335 e. The summed E-state index contributed by atoms with van der Waals surface area (Å²) in [4.78, 5) is 10.8. The molecule has 1 aromatic rings. The average molecular weight is 222 g/mol. The minimum atomic E-state index is -0.973. The molecule has 0 amide bonds. The van der Waals surface area contributed by atoms with Crippen molar-refractivity contribution in [2.45, 2.75) is 6.42 Å². The Morgan fingerprint density at radius 1 is 1.50 bits per heavy atom. The Labute approximate surface area is 93.8 Å². The van der Waals surface area contributed by atoms with Crippen molar-refractivity contribution in [3.63, 3.8) is 0 Å². The summed E-state index contributed by atoms with van der Waals surface area (Å²) in [6.45, 7) is 0.0669. The van der Waals surface area contributed by atoms with Crippen LogP contribution in [0.25, 0.3) is 6.08 Å². The topological polar surface area (TPSA) is 66.8 Å². The van der Waals surface area contributed by atoms with Crippen LogP contribution in [0.3, 0.4) is 0 Å². The van der Waals surface area contributed by atoms with E-state index in [4.69, 9.17) is 14.9 Å². The number of aliphatic hydroxyl groups excluding tert-OH is 1. The monoisotopic (exact) mass is 222 g/mol. The van der Waals surface area contributed by atoms with Crippen molar-refractivity contribution in [2.75, 3.05) is 13.7 Å². The predicted molar refractivity (Wildman–Crippen MR) is 60.7 cm³/mol. The summed E-state index contributed by atoms with van der Waals surface area (Å²) in [6, 6.07) is 4.64. The van der Waals surface area contributed by atoms with E-state index in [1.165, 1.54) is 19.2 Å². The van der Waals surface area contributed by atoms with Crippen LogP contribution in [0.1, 0.15) is 22.3 Å². The van der Waals surface area contributed by atoms with E-state index in [1.807, 2.05) is 0 Å². The van der Waals surface area contributed by atoms with E-state index in [-0.39, 0.29) is 12.2 Å². The van der Waals surface area contributed by atoms with E-state index < -0.39 is 5.97 Å². The van der Waals surface area contributed by atoms with Gasteiger partial charge in [0.1, 0.15) is 5.75 Å². The van der Waals surface area contributed by atoms with Crippen LogP contribution in [0.2, 0.25) is 0 Å². The van der Waals surface area contributed by atoms with Crippen molar-refractivity contribution in [1.29, 1.82) is 0 Å². The van der Waals surface area contributed by atoms with E-state index in [1.54, 1.807) is 18.2 Å². The van der Waals surface area contributed by atoms with Crippen LogP contribution >= 0.6 is 0 Å². The molecule has 0 atom stereocenters. The van der Waals surface area contributed by atoms with Crippen molar-refractivity contribution in [2.24, 2.45) is 0 Å². The number of aliphatic hydroxyl groups is 1. The molecule has 4 nitrogen and oxygen atoms in total. The van der Waals surface area contributed by atoms with Gasteiger partial charge in [-0.3, -0.25) is 0 Å². The van der Waals surface area contributed by atoms with Gasteiger partial charge < -0.3 is 14.9 Å². The second-order valence-corrected chi connectivity index (χ2v) is 3.18.